The molecular formula is C10H12INOS2. The Labute approximate surface area is 112 Å². The summed E-state index contributed by atoms with van der Waals surface area (Å²) in [5.41, 5.74) is 0. The van der Waals surface area contributed by atoms with Crippen LogP contribution in [-0.2, 0) is 0 Å². The predicted octanol–water partition coefficient (Wildman–Crippen LogP) is 2.93. The summed E-state index contributed by atoms with van der Waals surface area (Å²) in [6, 6.07) is 2.43. The Bertz CT molecular complexity index is 360. The average Bonchev–Trinajstić information content (AvgIpc) is 2.85. The zero-order valence-corrected chi connectivity index (χ0v) is 12.2. The number of halogens is 1. The molecule has 0 aromatic carbocycles. The summed E-state index contributed by atoms with van der Waals surface area (Å²) < 4.78 is 1.07. The van der Waals surface area contributed by atoms with Crippen LogP contribution >= 0.6 is 45.7 Å². The molecule has 2 heterocycles. The van der Waals surface area contributed by atoms with Crippen molar-refractivity contribution >= 4 is 51.6 Å². The molecule has 1 atom stereocenters. The first-order valence-electron chi connectivity index (χ1n) is 4.78. The smallest absolute Gasteiger partial charge is 0.265 e. The van der Waals surface area contributed by atoms with Gasteiger partial charge in [0, 0.05) is 22.4 Å². The summed E-state index contributed by atoms with van der Waals surface area (Å²) in [6.07, 6.45) is 1.13. The molecule has 0 bridgehead atoms. The summed E-state index contributed by atoms with van der Waals surface area (Å²) in [5.74, 6) is 2.45. The SMILES string of the molecule is CN(C(=O)c1sccc1I)C1CCSC1. The van der Waals surface area contributed by atoms with E-state index in [-0.39, 0.29) is 5.91 Å². The van der Waals surface area contributed by atoms with Crippen LogP contribution in [0.15, 0.2) is 11.4 Å². The first-order chi connectivity index (χ1) is 7.20. The Morgan fingerprint density at radius 1 is 1.67 bits per heavy atom. The molecule has 0 N–H and O–H groups in total. The fraction of sp³-hybridized carbons (Fsp3) is 0.500. The molecule has 1 unspecified atom stereocenters. The number of rotatable bonds is 2. The molecule has 1 aliphatic heterocycles. The highest BCUT2D eigenvalue weighted by molar-refractivity contribution is 14.1. The van der Waals surface area contributed by atoms with E-state index in [1.807, 2.05) is 35.2 Å². The minimum Gasteiger partial charge on any atom is -0.337 e. The number of thioether (sulfide) groups is 1. The second-order valence-electron chi connectivity index (χ2n) is 3.53. The van der Waals surface area contributed by atoms with Gasteiger partial charge in [-0.2, -0.15) is 11.8 Å². The van der Waals surface area contributed by atoms with E-state index in [0.29, 0.717) is 6.04 Å². The van der Waals surface area contributed by atoms with E-state index in [1.165, 1.54) is 17.1 Å². The Kier molecular flexibility index (Phi) is 3.95. The number of amides is 1. The lowest BCUT2D eigenvalue weighted by Gasteiger charge is -2.23. The van der Waals surface area contributed by atoms with Gasteiger partial charge in [-0.3, -0.25) is 4.79 Å². The number of thiophene rings is 1. The molecule has 1 aromatic heterocycles. The topological polar surface area (TPSA) is 20.3 Å². The zero-order valence-electron chi connectivity index (χ0n) is 8.40. The number of nitrogens with zero attached hydrogens (tertiary/aromatic N) is 1. The molecule has 15 heavy (non-hydrogen) atoms. The van der Waals surface area contributed by atoms with Gasteiger partial charge < -0.3 is 4.90 Å². The maximum absolute atomic E-state index is 12.1. The largest absolute Gasteiger partial charge is 0.337 e. The Morgan fingerprint density at radius 2 is 2.47 bits per heavy atom. The van der Waals surface area contributed by atoms with Crippen molar-refractivity contribution in [3.05, 3.63) is 19.9 Å². The lowest BCUT2D eigenvalue weighted by atomic mass is 10.2. The van der Waals surface area contributed by atoms with Gasteiger partial charge >= 0.3 is 0 Å². The molecule has 2 rings (SSSR count). The van der Waals surface area contributed by atoms with E-state index in [2.05, 4.69) is 22.6 Å². The van der Waals surface area contributed by atoms with Gasteiger partial charge in [-0.15, -0.1) is 11.3 Å². The van der Waals surface area contributed by atoms with E-state index in [4.69, 9.17) is 0 Å². The third kappa shape index (κ3) is 2.50. The minimum atomic E-state index is 0.182. The summed E-state index contributed by atoms with van der Waals surface area (Å²) >= 11 is 5.70. The van der Waals surface area contributed by atoms with Gasteiger partial charge in [0.25, 0.3) is 5.91 Å². The summed E-state index contributed by atoms with van der Waals surface area (Å²) in [5, 5.41) is 1.98. The molecule has 1 aromatic rings. The number of carbonyl (C=O) groups is 1. The van der Waals surface area contributed by atoms with Gasteiger partial charge in [0.05, 0.1) is 0 Å². The Morgan fingerprint density at radius 3 is 3.00 bits per heavy atom. The van der Waals surface area contributed by atoms with Crippen LogP contribution in [-0.4, -0.2) is 35.4 Å². The van der Waals surface area contributed by atoms with E-state index >= 15 is 0 Å². The van der Waals surface area contributed by atoms with Gasteiger partial charge in [0.15, 0.2) is 0 Å². The molecule has 0 saturated carbocycles. The van der Waals surface area contributed by atoms with Crippen LogP contribution in [0.1, 0.15) is 16.1 Å². The first kappa shape index (κ1) is 11.7. The second kappa shape index (κ2) is 5.05. The first-order valence-corrected chi connectivity index (χ1v) is 7.89. The van der Waals surface area contributed by atoms with Crippen LogP contribution in [0.4, 0.5) is 0 Å². The van der Waals surface area contributed by atoms with E-state index in [9.17, 15) is 4.79 Å². The standard InChI is InChI=1S/C10H12INOS2/c1-12(7-2-4-14-6-7)10(13)9-8(11)3-5-15-9/h3,5,7H,2,4,6H2,1H3. The van der Waals surface area contributed by atoms with Crippen molar-refractivity contribution in [3.8, 4) is 0 Å². The second-order valence-corrected chi connectivity index (χ2v) is 6.76. The monoisotopic (exact) mass is 353 g/mol. The molecule has 82 valence electrons. The molecule has 1 aliphatic rings. The highest BCUT2D eigenvalue weighted by atomic mass is 127. The van der Waals surface area contributed by atoms with E-state index in [0.717, 1.165) is 20.6 Å². The third-order valence-corrected chi connectivity index (χ3v) is 5.90. The van der Waals surface area contributed by atoms with Crippen molar-refractivity contribution in [1.29, 1.82) is 0 Å². The molecule has 2 nitrogen and oxygen atoms in total. The lowest BCUT2D eigenvalue weighted by molar-refractivity contribution is 0.0752. The van der Waals surface area contributed by atoms with Gasteiger partial charge in [-0.1, -0.05) is 0 Å². The molecule has 1 amide bonds. The fourth-order valence-corrected chi connectivity index (χ4v) is 4.67. The van der Waals surface area contributed by atoms with E-state index < -0.39 is 0 Å². The lowest BCUT2D eigenvalue weighted by Crippen LogP contribution is -2.36. The minimum absolute atomic E-state index is 0.182. The summed E-state index contributed by atoms with van der Waals surface area (Å²) in [4.78, 5) is 14.9. The number of hydrogen-bond acceptors (Lipinski definition) is 3. The van der Waals surface area contributed by atoms with Gasteiger partial charge in [-0.05, 0) is 46.2 Å². The Hall–Kier alpha value is 0.250. The normalized spacial score (nSPS) is 20.5. The molecule has 0 radical (unpaired) electrons. The average molecular weight is 353 g/mol. The van der Waals surface area contributed by atoms with Gasteiger partial charge in [0.2, 0.25) is 0 Å². The molecule has 1 fully saturated rings. The maximum Gasteiger partial charge on any atom is 0.265 e. The molecule has 0 aliphatic carbocycles. The number of hydrogen-bond donors (Lipinski definition) is 0. The van der Waals surface area contributed by atoms with Crippen molar-refractivity contribution in [2.24, 2.45) is 0 Å². The quantitative estimate of drug-likeness (QED) is 0.762. The van der Waals surface area contributed by atoms with Crippen molar-refractivity contribution in [3.63, 3.8) is 0 Å². The molecule has 1 saturated heterocycles. The van der Waals surface area contributed by atoms with Crippen molar-refractivity contribution in [1.82, 2.24) is 4.90 Å². The van der Waals surface area contributed by atoms with Crippen LogP contribution in [0.3, 0.4) is 0 Å². The van der Waals surface area contributed by atoms with Crippen LogP contribution in [0, 0.1) is 3.57 Å². The van der Waals surface area contributed by atoms with Crippen LogP contribution in [0.2, 0.25) is 0 Å². The maximum atomic E-state index is 12.1. The summed E-state index contributed by atoms with van der Waals surface area (Å²) in [7, 11) is 1.93. The van der Waals surface area contributed by atoms with Gasteiger partial charge in [0.1, 0.15) is 4.88 Å². The van der Waals surface area contributed by atoms with Crippen molar-refractivity contribution < 1.29 is 4.79 Å². The van der Waals surface area contributed by atoms with Crippen LogP contribution in [0.5, 0.6) is 0 Å². The molecule has 5 heteroatoms. The highest BCUT2D eigenvalue weighted by Gasteiger charge is 2.26. The molecular weight excluding hydrogens is 341 g/mol. The van der Waals surface area contributed by atoms with Crippen LogP contribution < -0.4 is 0 Å². The predicted molar refractivity (Wildman–Crippen MR) is 74.9 cm³/mol. The number of carbonyl (C=O) groups excluding carboxylic acids is 1. The zero-order chi connectivity index (χ0) is 10.8. The van der Waals surface area contributed by atoms with Crippen molar-refractivity contribution in [2.75, 3.05) is 18.6 Å². The molecule has 0 spiro atoms. The summed E-state index contributed by atoms with van der Waals surface area (Å²) in [6.45, 7) is 0. The fourth-order valence-electron chi connectivity index (χ4n) is 1.60. The van der Waals surface area contributed by atoms with Gasteiger partial charge in [-0.25, -0.2) is 0 Å². The third-order valence-electron chi connectivity index (χ3n) is 2.59. The highest BCUT2D eigenvalue weighted by Crippen LogP contribution is 2.25. The van der Waals surface area contributed by atoms with Crippen LogP contribution in [0.25, 0.3) is 0 Å². The Balaban J connectivity index is 2.10. The van der Waals surface area contributed by atoms with E-state index in [1.54, 1.807) is 0 Å². The van der Waals surface area contributed by atoms with Crippen molar-refractivity contribution in [2.45, 2.75) is 12.5 Å².